The van der Waals surface area contributed by atoms with Gasteiger partial charge in [-0.3, -0.25) is 28.8 Å². The van der Waals surface area contributed by atoms with Gasteiger partial charge in [0.25, 0.3) is 0 Å². The van der Waals surface area contributed by atoms with Crippen molar-refractivity contribution >= 4 is 35.6 Å². The fourth-order valence-corrected chi connectivity index (χ4v) is 2.74. The van der Waals surface area contributed by atoms with Gasteiger partial charge in [0.05, 0.1) is 12.5 Å². The predicted molar refractivity (Wildman–Crippen MR) is 113 cm³/mol. The summed E-state index contributed by atoms with van der Waals surface area (Å²) in [6.07, 6.45) is -1.31. The molecule has 0 fully saturated rings. The van der Waals surface area contributed by atoms with Gasteiger partial charge in [0.1, 0.15) is 18.6 Å². The number of benzene rings is 1. The van der Waals surface area contributed by atoms with Crippen LogP contribution in [0.5, 0.6) is 0 Å². The van der Waals surface area contributed by atoms with Crippen LogP contribution in [0.4, 0.5) is 0 Å². The summed E-state index contributed by atoms with van der Waals surface area (Å²) < 4.78 is 0. The second-order valence-electron chi connectivity index (χ2n) is 7.13. The normalized spacial score (nSPS) is 13.1. The minimum Gasteiger partial charge on any atom is -0.481 e. The van der Waals surface area contributed by atoms with Crippen LogP contribution in [-0.2, 0) is 35.2 Å². The van der Waals surface area contributed by atoms with Crippen molar-refractivity contribution in [3.05, 3.63) is 35.9 Å². The summed E-state index contributed by atoms with van der Waals surface area (Å²) in [5.41, 5.74) is 11.2. The summed E-state index contributed by atoms with van der Waals surface area (Å²) in [6, 6.07) is 4.57. The van der Waals surface area contributed by atoms with Crippen molar-refractivity contribution in [3.63, 3.8) is 0 Å². The second-order valence-corrected chi connectivity index (χ2v) is 7.13. The SMILES string of the molecule is NC(=O)CC(N)C(=O)NC(CCC(=O)O)C(=O)NC(Cc1ccccc1)C(=O)NCC(=O)O. The number of nitrogens with one attached hydrogen (secondary N) is 3. The van der Waals surface area contributed by atoms with Gasteiger partial charge in [0.15, 0.2) is 0 Å². The van der Waals surface area contributed by atoms with Crippen LogP contribution in [0, 0.1) is 0 Å². The molecule has 9 N–H and O–H groups in total. The van der Waals surface area contributed by atoms with Gasteiger partial charge in [-0.2, -0.15) is 0 Å². The molecule has 13 nitrogen and oxygen atoms in total. The van der Waals surface area contributed by atoms with Crippen LogP contribution in [0.25, 0.3) is 0 Å². The molecule has 0 aliphatic carbocycles. The lowest BCUT2D eigenvalue weighted by Crippen LogP contribution is -2.56. The summed E-state index contributed by atoms with van der Waals surface area (Å²) in [5, 5.41) is 24.6. The zero-order valence-corrected chi connectivity index (χ0v) is 17.7. The lowest BCUT2D eigenvalue weighted by atomic mass is 10.0. The van der Waals surface area contributed by atoms with Gasteiger partial charge in [-0.05, 0) is 12.0 Å². The fourth-order valence-electron chi connectivity index (χ4n) is 2.74. The van der Waals surface area contributed by atoms with Crippen LogP contribution in [0.1, 0.15) is 24.8 Å². The van der Waals surface area contributed by atoms with E-state index in [2.05, 4.69) is 16.0 Å². The lowest BCUT2D eigenvalue weighted by Gasteiger charge is -2.24. The molecule has 0 aliphatic heterocycles. The Bertz CT molecular complexity index is 876. The van der Waals surface area contributed by atoms with E-state index >= 15 is 0 Å². The highest BCUT2D eigenvalue weighted by Gasteiger charge is 2.29. The smallest absolute Gasteiger partial charge is 0.322 e. The van der Waals surface area contributed by atoms with Gasteiger partial charge in [-0.25, -0.2) is 0 Å². The van der Waals surface area contributed by atoms with Gasteiger partial charge in [-0.15, -0.1) is 0 Å². The number of nitrogens with two attached hydrogens (primary N) is 2. The summed E-state index contributed by atoms with van der Waals surface area (Å²) in [7, 11) is 0. The topological polar surface area (TPSA) is 231 Å². The van der Waals surface area contributed by atoms with Gasteiger partial charge in [-0.1, -0.05) is 30.3 Å². The molecule has 0 saturated heterocycles. The summed E-state index contributed by atoms with van der Waals surface area (Å²) in [4.78, 5) is 70.2. The largest absolute Gasteiger partial charge is 0.481 e. The average molecular weight is 465 g/mol. The van der Waals surface area contributed by atoms with E-state index in [4.69, 9.17) is 21.7 Å². The van der Waals surface area contributed by atoms with E-state index in [-0.39, 0.29) is 12.8 Å². The number of carboxylic acid groups (broad SMARTS) is 2. The van der Waals surface area contributed by atoms with Crippen molar-refractivity contribution in [3.8, 4) is 0 Å². The first-order chi connectivity index (χ1) is 15.5. The van der Waals surface area contributed by atoms with Crippen molar-refractivity contribution in [2.45, 2.75) is 43.8 Å². The van der Waals surface area contributed by atoms with E-state index in [1.807, 2.05) is 0 Å². The molecule has 13 heteroatoms. The third-order valence-electron chi connectivity index (χ3n) is 4.37. The molecule has 0 spiro atoms. The Morgan fingerprint density at radius 2 is 1.45 bits per heavy atom. The number of carboxylic acids is 2. The molecule has 0 heterocycles. The highest BCUT2D eigenvalue weighted by atomic mass is 16.4. The Hall–Kier alpha value is -4.00. The van der Waals surface area contributed by atoms with Gasteiger partial charge < -0.3 is 37.6 Å². The number of rotatable bonds is 14. The lowest BCUT2D eigenvalue weighted by molar-refractivity contribution is -0.138. The van der Waals surface area contributed by atoms with Crippen molar-refractivity contribution in [1.29, 1.82) is 0 Å². The maximum absolute atomic E-state index is 12.8. The van der Waals surface area contributed by atoms with E-state index in [0.29, 0.717) is 5.56 Å². The Balaban J connectivity index is 3.01. The minimum absolute atomic E-state index is 0.00117. The number of hydrogen-bond donors (Lipinski definition) is 7. The van der Waals surface area contributed by atoms with E-state index < -0.39 is 73.1 Å². The van der Waals surface area contributed by atoms with Crippen molar-refractivity contribution in [2.75, 3.05) is 6.54 Å². The maximum atomic E-state index is 12.8. The Kier molecular flexibility index (Phi) is 11.0. The van der Waals surface area contributed by atoms with Crippen LogP contribution in [0.15, 0.2) is 30.3 Å². The summed E-state index contributed by atoms with van der Waals surface area (Å²) in [6.45, 7) is -0.679. The molecular formula is C20H27N5O8. The fraction of sp³-hybridized carbons (Fsp3) is 0.400. The zero-order valence-electron chi connectivity index (χ0n) is 17.7. The summed E-state index contributed by atoms with van der Waals surface area (Å²) in [5.74, 6) is -5.95. The standard InChI is InChI=1S/C20H27N5O8/c21-12(9-15(22)26)18(31)24-13(6-7-16(27)28)20(33)25-14(19(32)23-10-17(29)30)8-11-4-2-1-3-5-11/h1-5,12-14H,6-10,21H2,(H2,22,26)(H,23,32)(H,24,31)(H,25,33)(H,27,28)(H,29,30). The molecule has 1 aromatic rings. The molecule has 0 saturated carbocycles. The van der Waals surface area contributed by atoms with Crippen LogP contribution >= 0.6 is 0 Å². The first-order valence-electron chi connectivity index (χ1n) is 9.89. The van der Waals surface area contributed by atoms with E-state index in [9.17, 15) is 28.8 Å². The molecule has 0 bridgehead atoms. The summed E-state index contributed by atoms with van der Waals surface area (Å²) >= 11 is 0. The van der Waals surface area contributed by atoms with Gasteiger partial charge >= 0.3 is 11.9 Å². The molecule has 1 rings (SSSR count). The second kappa shape index (κ2) is 13.4. The Morgan fingerprint density at radius 1 is 0.848 bits per heavy atom. The number of carbonyl (C=O) groups excluding carboxylic acids is 4. The average Bonchev–Trinajstić information content (AvgIpc) is 2.74. The molecule has 4 amide bonds. The van der Waals surface area contributed by atoms with E-state index in [1.54, 1.807) is 30.3 Å². The van der Waals surface area contributed by atoms with Crippen LogP contribution in [-0.4, -0.2) is 70.5 Å². The van der Waals surface area contributed by atoms with Crippen molar-refractivity contribution in [1.82, 2.24) is 16.0 Å². The first-order valence-corrected chi connectivity index (χ1v) is 9.89. The van der Waals surface area contributed by atoms with Gasteiger partial charge in [0.2, 0.25) is 23.6 Å². The molecule has 0 radical (unpaired) electrons. The molecular weight excluding hydrogens is 438 g/mol. The number of hydrogen-bond acceptors (Lipinski definition) is 7. The van der Waals surface area contributed by atoms with Crippen LogP contribution in [0.3, 0.4) is 0 Å². The quantitative estimate of drug-likeness (QED) is 0.153. The Labute approximate surface area is 188 Å². The highest BCUT2D eigenvalue weighted by molar-refractivity contribution is 5.95. The van der Waals surface area contributed by atoms with E-state index in [0.717, 1.165) is 0 Å². The number of primary amides is 1. The first kappa shape index (κ1) is 27.0. The van der Waals surface area contributed by atoms with Crippen molar-refractivity contribution < 1.29 is 39.0 Å². The van der Waals surface area contributed by atoms with Gasteiger partial charge in [0, 0.05) is 12.8 Å². The molecule has 3 unspecified atom stereocenters. The molecule has 0 aliphatic rings. The highest BCUT2D eigenvalue weighted by Crippen LogP contribution is 2.06. The van der Waals surface area contributed by atoms with E-state index in [1.165, 1.54) is 0 Å². The molecule has 33 heavy (non-hydrogen) atoms. The predicted octanol–water partition coefficient (Wildman–Crippen LogP) is -2.53. The Morgan fingerprint density at radius 3 is 2.00 bits per heavy atom. The molecule has 180 valence electrons. The molecule has 3 atom stereocenters. The van der Waals surface area contributed by atoms with Crippen LogP contribution in [0.2, 0.25) is 0 Å². The minimum atomic E-state index is -1.39. The van der Waals surface area contributed by atoms with Crippen molar-refractivity contribution in [2.24, 2.45) is 11.5 Å². The molecule has 1 aromatic carbocycles. The number of amides is 4. The van der Waals surface area contributed by atoms with Crippen LogP contribution < -0.4 is 27.4 Å². The molecule has 0 aromatic heterocycles. The monoisotopic (exact) mass is 465 g/mol. The third kappa shape index (κ3) is 10.7. The number of aliphatic carboxylic acids is 2. The zero-order chi connectivity index (χ0) is 25.0. The number of carbonyl (C=O) groups is 6. The third-order valence-corrected chi connectivity index (χ3v) is 4.37. The maximum Gasteiger partial charge on any atom is 0.322 e.